The van der Waals surface area contributed by atoms with E-state index in [4.69, 9.17) is 0 Å². The summed E-state index contributed by atoms with van der Waals surface area (Å²) >= 11 is 0. The molecule has 2 rings (SSSR count). The third-order valence-corrected chi connectivity index (χ3v) is 3.77. The Bertz CT molecular complexity index is 893. The quantitative estimate of drug-likeness (QED) is 0.772. The van der Waals surface area contributed by atoms with Crippen LogP contribution in [0.4, 0.5) is 16.2 Å². The van der Waals surface area contributed by atoms with Crippen LogP contribution in [0, 0.1) is 13.8 Å². The number of hydrogen-bond acceptors (Lipinski definition) is 3. The van der Waals surface area contributed by atoms with Crippen LogP contribution in [0.2, 0.25) is 0 Å². The molecule has 1 heterocycles. The summed E-state index contributed by atoms with van der Waals surface area (Å²) < 4.78 is 1.34. The standard InChI is InChI=1S/C20H26N4O3/c1-13-6-9-15(10-7-13)21-19(27)22-16-11-8-14(2)24(18(16)26)12-17(25)23-20(3,4)5/h6-11H,12H2,1-5H3,(H,23,25)(H2,21,22,27). The number of carbonyl (C=O) groups excluding carboxylic acids is 2. The highest BCUT2D eigenvalue weighted by atomic mass is 16.2. The molecule has 0 aliphatic rings. The molecule has 0 bridgehead atoms. The van der Waals surface area contributed by atoms with Crippen molar-refractivity contribution in [2.75, 3.05) is 10.6 Å². The van der Waals surface area contributed by atoms with E-state index in [1.165, 1.54) is 10.6 Å². The van der Waals surface area contributed by atoms with Crippen LogP contribution in [0.3, 0.4) is 0 Å². The van der Waals surface area contributed by atoms with Gasteiger partial charge < -0.3 is 20.5 Å². The van der Waals surface area contributed by atoms with Crippen molar-refractivity contribution in [2.24, 2.45) is 0 Å². The first-order valence-electron chi connectivity index (χ1n) is 8.71. The van der Waals surface area contributed by atoms with Gasteiger partial charge in [-0.2, -0.15) is 0 Å². The highest BCUT2D eigenvalue weighted by molar-refractivity contribution is 5.99. The van der Waals surface area contributed by atoms with Crippen LogP contribution in [-0.2, 0) is 11.3 Å². The molecule has 3 N–H and O–H groups in total. The zero-order valence-corrected chi connectivity index (χ0v) is 16.3. The lowest BCUT2D eigenvalue weighted by Crippen LogP contribution is -2.44. The third-order valence-electron chi connectivity index (χ3n) is 3.77. The normalized spacial score (nSPS) is 11.0. The maximum Gasteiger partial charge on any atom is 0.323 e. The van der Waals surface area contributed by atoms with E-state index in [0.717, 1.165) is 5.56 Å². The second-order valence-electron chi connectivity index (χ2n) is 7.52. The van der Waals surface area contributed by atoms with Crippen molar-refractivity contribution in [1.82, 2.24) is 9.88 Å². The van der Waals surface area contributed by atoms with Gasteiger partial charge in [-0.3, -0.25) is 9.59 Å². The van der Waals surface area contributed by atoms with Crippen molar-refractivity contribution in [3.63, 3.8) is 0 Å². The Morgan fingerprint density at radius 3 is 2.19 bits per heavy atom. The van der Waals surface area contributed by atoms with Crippen LogP contribution < -0.4 is 21.5 Å². The van der Waals surface area contributed by atoms with E-state index in [0.29, 0.717) is 11.4 Å². The molecule has 1 aromatic carbocycles. The summed E-state index contributed by atoms with van der Waals surface area (Å²) in [5.41, 5.74) is 1.62. The molecular formula is C20H26N4O3. The molecule has 27 heavy (non-hydrogen) atoms. The number of pyridine rings is 1. The first kappa shape index (κ1) is 20.2. The molecule has 0 aliphatic heterocycles. The minimum atomic E-state index is -0.523. The predicted octanol–water partition coefficient (Wildman–Crippen LogP) is 3.02. The topological polar surface area (TPSA) is 92.2 Å². The van der Waals surface area contributed by atoms with Crippen LogP contribution in [0.5, 0.6) is 0 Å². The van der Waals surface area contributed by atoms with Gasteiger partial charge in [-0.25, -0.2) is 4.79 Å². The van der Waals surface area contributed by atoms with Crippen molar-refractivity contribution in [2.45, 2.75) is 46.7 Å². The molecular weight excluding hydrogens is 344 g/mol. The predicted molar refractivity (Wildman–Crippen MR) is 107 cm³/mol. The number of aryl methyl sites for hydroxylation is 2. The number of anilines is 2. The largest absolute Gasteiger partial charge is 0.350 e. The average molecular weight is 370 g/mol. The fraction of sp³-hybridized carbons (Fsp3) is 0.350. The van der Waals surface area contributed by atoms with Gasteiger partial charge >= 0.3 is 6.03 Å². The maximum atomic E-state index is 12.7. The first-order chi connectivity index (χ1) is 12.5. The van der Waals surface area contributed by atoms with Crippen LogP contribution in [0.25, 0.3) is 0 Å². The van der Waals surface area contributed by atoms with Gasteiger partial charge in [0.05, 0.1) is 0 Å². The summed E-state index contributed by atoms with van der Waals surface area (Å²) in [7, 11) is 0. The van der Waals surface area contributed by atoms with Gasteiger partial charge in [-0.1, -0.05) is 17.7 Å². The van der Waals surface area contributed by atoms with Gasteiger partial charge in [0, 0.05) is 16.9 Å². The van der Waals surface area contributed by atoms with E-state index in [1.807, 2.05) is 39.8 Å². The summed E-state index contributed by atoms with van der Waals surface area (Å²) in [5.74, 6) is -0.269. The van der Waals surface area contributed by atoms with Crippen LogP contribution in [0.15, 0.2) is 41.2 Å². The van der Waals surface area contributed by atoms with Crippen molar-refractivity contribution in [3.05, 3.63) is 58.0 Å². The molecule has 0 fully saturated rings. The number of hydrogen-bond donors (Lipinski definition) is 3. The molecule has 0 unspecified atom stereocenters. The molecule has 0 saturated heterocycles. The van der Waals surface area contributed by atoms with Crippen molar-refractivity contribution in [3.8, 4) is 0 Å². The zero-order chi connectivity index (χ0) is 20.2. The Labute approximate surface area is 158 Å². The average Bonchev–Trinajstić information content (AvgIpc) is 2.55. The molecule has 0 spiro atoms. The number of aromatic nitrogens is 1. The molecule has 7 nitrogen and oxygen atoms in total. The van der Waals surface area contributed by atoms with E-state index in [1.54, 1.807) is 25.1 Å². The molecule has 0 radical (unpaired) electrons. The fourth-order valence-electron chi connectivity index (χ4n) is 2.49. The van der Waals surface area contributed by atoms with Gasteiger partial charge in [0.25, 0.3) is 5.56 Å². The molecule has 0 saturated carbocycles. The SMILES string of the molecule is Cc1ccc(NC(=O)Nc2ccc(C)n(CC(=O)NC(C)(C)C)c2=O)cc1. The van der Waals surface area contributed by atoms with Crippen LogP contribution >= 0.6 is 0 Å². The van der Waals surface area contributed by atoms with Gasteiger partial charge in [0.2, 0.25) is 5.91 Å². The molecule has 7 heteroatoms. The summed E-state index contributed by atoms with van der Waals surface area (Å²) in [6.07, 6.45) is 0. The molecule has 0 atom stereocenters. The molecule has 144 valence electrons. The highest BCUT2D eigenvalue weighted by Crippen LogP contribution is 2.10. The number of amides is 3. The van der Waals surface area contributed by atoms with Crippen LogP contribution in [0.1, 0.15) is 32.0 Å². The van der Waals surface area contributed by atoms with E-state index in [2.05, 4.69) is 16.0 Å². The second kappa shape index (κ2) is 8.07. The van der Waals surface area contributed by atoms with Crippen molar-refractivity contribution < 1.29 is 9.59 Å². The first-order valence-corrected chi connectivity index (χ1v) is 8.71. The molecule has 2 aromatic rings. The monoisotopic (exact) mass is 370 g/mol. The van der Waals surface area contributed by atoms with Crippen LogP contribution in [-0.4, -0.2) is 22.0 Å². The number of nitrogens with zero attached hydrogens (tertiary/aromatic N) is 1. The maximum absolute atomic E-state index is 12.7. The Hall–Kier alpha value is -3.09. The fourth-order valence-corrected chi connectivity index (χ4v) is 2.49. The lowest BCUT2D eigenvalue weighted by molar-refractivity contribution is -0.123. The number of urea groups is 1. The number of benzene rings is 1. The van der Waals surface area contributed by atoms with Gasteiger partial charge in [0.15, 0.2) is 0 Å². The van der Waals surface area contributed by atoms with Gasteiger partial charge in [-0.15, -0.1) is 0 Å². The molecule has 0 aliphatic carbocycles. The summed E-state index contributed by atoms with van der Waals surface area (Å²) in [4.78, 5) is 37.0. The number of carbonyl (C=O) groups is 2. The lowest BCUT2D eigenvalue weighted by Gasteiger charge is -2.21. The van der Waals surface area contributed by atoms with E-state index >= 15 is 0 Å². The Morgan fingerprint density at radius 1 is 0.963 bits per heavy atom. The molecule has 1 aromatic heterocycles. The second-order valence-corrected chi connectivity index (χ2v) is 7.52. The highest BCUT2D eigenvalue weighted by Gasteiger charge is 2.16. The van der Waals surface area contributed by atoms with Gasteiger partial charge in [-0.05, 0) is 58.9 Å². The Kier molecular flexibility index (Phi) is 6.05. The number of rotatable bonds is 4. The smallest absolute Gasteiger partial charge is 0.323 e. The summed E-state index contributed by atoms with van der Waals surface area (Å²) in [6, 6.07) is 10.0. The van der Waals surface area contributed by atoms with Crippen molar-refractivity contribution >= 4 is 23.3 Å². The summed E-state index contributed by atoms with van der Waals surface area (Å²) in [6.45, 7) is 9.18. The minimum absolute atomic E-state index is 0.105. The Balaban J connectivity index is 2.13. The zero-order valence-electron chi connectivity index (χ0n) is 16.3. The third kappa shape index (κ3) is 5.99. The Morgan fingerprint density at radius 2 is 1.59 bits per heavy atom. The van der Waals surface area contributed by atoms with Gasteiger partial charge in [0.1, 0.15) is 12.2 Å². The lowest BCUT2D eigenvalue weighted by atomic mass is 10.1. The summed E-state index contributed by atoms with van der Waals surface area (Å²) in [5, 5.41) is 8.04. The van der Waals surface area contributed by atoms with E-state index < -0.39 is 17.1 Å². The van der Waals surface area contributed by atoms with E-state index in [9.17, 15) is 14.4 Å². The van der Waals surface area contributed by atoms with E-state index in [-0.39, 0.29) is 18.1 Å². The minimum Gasteiger partial charge on any atom is -0.350 e. The molecule has 3 amide bonds. The van der Waals surface area contributed by atoms with Crippen molar-refractivity contribution in [1.29, 1.82) is 0 Å². The number of nitrogens with one attached hydrogen (secondary N) is 3.